The lowest BCUT2D eigenvalue weighted by Gasteiger charge is -2.25. The average Bonchev–Trinajstić information content (AvgIpc) is 3.35. The number of aliphatic hydroxyl groups excluding tert-OH is 1. The summed E-state index contributed by atoms with van der Waals surface area (Å²) in [5, 5.41) is 22.5. The van der Waals surface area contributed by atoms with Crippen molar-refractivity contribution in [1.29, 1.82) is 0 Å². The van der Waals surface area contributed by atoms with Gasteiger partial charge in [0, 0.05) is 28.9 Å². The maximum absolute atomic E-state index is 13.2. The van der Waals surface area contributed by atoms with Crippen LogP contribution in [0.25, 0.3) is 16.7 Å². The summed E-state index contributed by atoms with van der Waals surface area (Å²) in [6.07, 6.45) is 3.16. The van der Waals surface area contributed by atoms with Crippen LogP contribution in [-0.4, -0.2) is 31.9 Å². The van der Waals surface area contributed by atoms with E-state index in [0.29, 0.717) is 11.3 Å². The van der Waals surface area contributed by atoms with E-state index in [1.165, 1.54) is 11.0 Å². The number of rotatable bonds is 3. The van der Waals surface area contributed by atoms with Crippen molar-refractivity contribution in [3.8, 4) is 5.75 Å². The molecule has 0 radical (unpaired) electrons. The first-order valence-electron chi connectivity index (χ1n) is 10.1. The molecule has 2 aromatic carbocycles. The van der Waals surface area contributed by atoms with Crippen molar-refractivity contribution in [2.75, 3.05) is 4.90 Å². The number of nitrogens with one attached hydrogen (secondary N) is 1. The van der Waals surface area contributed by atoms with Gasteiger partial charge in [-0.15, -0.1) is 0 Å². The lowest BCUT2D eigenvalue weighted by molar-refractivity contribution is -0.132. The first kappa shape index (κ1) is 19.6. The number of para-hydroxylation sites is 1. The Balaban J connectivity index is 1.78. The molecule has 3 N–H and O–H groups in total. The van der Waals surface area contributed by atoms with E-state index in [1.54, 1.807) is 42.7 Å². The maximum Gasteiger partial charge on any atom is 0.300 e. The zero-order valence-electron chi connectivity index (χ0n) is 17.1. The van der Waals surface area contributed by atoms with Gasteiger partial charge in [-0.05, 0) is 42.8 Å². The fourth-order valence-electron chi connectivity index (χ4n) is 4.14. The number of phenolic OH excluding ortho intramolecular Hbond substituents is 1. The predicted octanol–water partition coefficient (Wildman–Crippen LogP) is 4.20. The van der Waals surface area contributed by atoms with E-state index >= 15 is 0 Å². The van der Waals surface area contributed by atoms with Crippen LogP contribution in [0.5, 0.6) is 5.75 Å². The Hall–Kier alpha value is -4.39. The molecule has 1 aliphatic heterocycles. The zero-order chi connectivity index (χ0) is 22.4. The second kappa shape index (κ2) is 7.39. The number of aliphatic hydroxyl groups is 1. The topological polar surface area (TPSA) is 107 Å². The number of ketones is 1. The molecule has 1 unspecified atom stereocenters. The lowest BCUT2D eigenvalue weighted by atomic mass is 9.98. The Morgan fingerprint density at radius 1 is 1.06 bits per heavy atom. The first-order chi connectivity index (χ1) is 15.5. The SMILES string of the molecule is Cc1ccc(O)c(N2C(=O)C(=O)/C(=C(\O)c3c[nH]c4ccccc34)C2c2ccccn2)c1. The molecule has 0 aliphatic carbocycles. The van der Waals surface area contributed by atoms with Crippen LogP contribution in [0.15, 0.2) is 78.6 Å². The van der Waals surface area contributed by atoms with Gasteiger partial charge in [-0.3, -0.25) is 19.5 Å². The average molecular weight is 425 g/mol. The van der Waals surface area contributed by atoms with E-state index in [2.05, 4.69) is 9.97 Å². The number of aryl methyl sites for hydroxylation is 1. The molecular formula is C25H19N3O4. The van der Waals surface area contributed by atoms with Gasteiger partial charge in [-0.2, -0.15) is 0 Å². The number of aromatic amines is 1. The molecule has 158 valence electrons. The molecule has 2 aromatic heterocycles. The smallest absolute Gasteiger partial charge is 0.300 e. The highest BCUT2D eigenvalue weighted by Gasteiger charge is 2.48. The van der Waals surface area contributed by atoms with E-state index in [1.807, 2.05) is 31.2 Å². The van der Waals surface area contributed by atoms with Crippen LogP contribution in [0.1, 0.15) is 22.9 Å². The number of aromatic nitrogens is 2. The van der Waals surface area contributed by atoms with Crippen molar-refractivity contribution >= 4 is 34.0 Å². The molecule has 1 saturated heterocycles. The second-order valence-corrected chi connectivity index (χ2v) is 7.66. The number of carbonyl (C=O) groups excluding carboxylic acids is 2. The third kappa shape index (κ3) is 2.94. The Kier molecular flexibility index (Phi) is 4.52. The van der Waals surface area contributed by atoms with Gasteiger partial charge in [-0.1, -0.05) is 30.3 Å². The summed E-state index contributed by atoms with van der Waals surface area (Å²) in [4.78, 5) is 35.0. The molecule has 7 heteroatoms. The fourth-order valence-corrected chi connectivity index (χ4v) is 4.14. The zero-order valence-corrected chi connectivity index (χ0v) is 17.1. The summed E-state index contributed by atoms with van der Waals surface area (Å²) in [6, 6.07) is 16.3. The molecule has 0 saturated carbocycles. The number of pyridine rings is 1. The minimum Gasteiger partial charge on any atom is -0.507 e. The number of anilines is 1. The lowest BCUT2D eigenvalue weighted by Crippen LogP contribution is -2.30. The minimum atomic E-state index is -1.00. The van der Waals surface area contributed by atoms with Crippen molar-refractivity contribution in [2.45, 2.75) is 13.0 Å². The third-order valence-corrected chi connectivity index (χ3v) is 5.65. The molecule has 0 spiro atoms. The van der Waals surface area contributed by atoms with Gasteiger partial charge in [0.05, 0.1) is 17.0 Å². The molecule has 1 atom stereocenters. The number of hydrogen-bond donors (Lipinski definition) is 3. The summed E-state index contributed by atoms with van der Waals surface area (Å²) >= 11 is 0. The first-order valence-corrected chi connectivity index (χ1v) is 10.1. The summed E-state index contributed by atoms with van der Waals surface area (Å²) in [6.45, 7) is 1.82. The summed E-state index contributed by atoms with van der Waals surface area (Å²) in [5.74, 6) is -2.14. The Labute approximate surface area is 183 Å². The molecule has 0 bridgehead atoms. The molecule has 4 aromatic rings. The number of phenols is 1. The van der Waals surface area contributed by atoms with Crippen molar-refractivity contribution in [1.82, 2.24) is 9.97 Å². The van der Waals surface area contributed by atoms with Gasteiger partial charge >= 0.3 is 0 Å². The van der Waals surface area contributed by atoms with Gasteiger partial charge in [0.1, 0.15) is 17.6 Å². The molecule has 32 heavy (non-hydrogen) atoms. The molecule has 5 rings (SSSR count). The van der Waals surface area contributed by atoms with Crippen molar-refractivity contribution in [2.24, 2.45) is 0 Å². The van der Waals surface area contributed by atoms with Gasteiger partial charge in [0.25, 0.3) is 11.7 Å². The number of amides is 1. The molecule has 7 nitrogen and oxygen atoms in total. The highest BCUT2D eigenvalue weighted by Crippen LogP contribution is 2.44. The van der Waals surface area contributed by atoms with Crippen LogP contribution in [0, 0.1) is 6.92 Å². The summed E-state index contributed by atoms with van der Waals surface area (Å²) in [7, 11) is 0. The van der Waals surface area contributed by atoms with Crippen LogP contribution in [0.4, 0.5) is 5.69 Å². The summed E-state index contributed by atoms with van der Waals surface area (Å²) < 4.78 is 0. The van der Waals surface area contributed by atoms with Gasteiger partial charge in [0.15, 0.2) is 0 Å². The number of nitrogens with zero attached hydrogens (tertiary/aromatic N) is 2. The van der Waals surface area contributed by atoms with Gasteiger partial charge in [0.2, 0.25) is 0 Å². The predicted molar refractivity (Wildman–Crippen MR) is 120 cm³/mol. The molecule has 3 heterocycles. The van der Waals surface area contributed by atoms with Crippen molar-refractivity contribution in [3.05, 3.63) is 95.5 Å². The van der Waals surface area contributed by atoms with Crippen LogP contribution >= 0.6 is 0 Å². The monoisotopic (exact) mass is 425 g/mol. The molecule has 1 amide bonds. The Bertz CT molecular complexity index is 1410. The number of H-pyrrole nitrogens is 1. The molecular weight excluding hydrogens is 406 g/mol. The maximum atomic E-state index is 13.2. The summed E-state index contributed by atoms with van der Waals surface area (Å²) in [5.41, 5.74) is 2.49. The number of aromatic hydroxyl groups is 1. The largest absolute Gasteiger partial charge is 0.507 e. The second-order valence-electron chi connectivity index (χ2n) is 7.66. The van der Waals surface area contributed by atoms with E-state index in [0.717, 1.165) is 16.5 Å². The molecule has 1 aliphatic rings. The fraction of sp³-hybridized carbons (Fsp3) is 0.0800. The molecule has 1 fully saturated rings. The van der Waals surface area contributed by atoms with Crippen molar-refractivity contribution in [3.63, 3.8) is 0 Å². The van der Waals surface area contributed by atoms with Gasteiger partial charge < -0.3 is 15.2 Å². The van der Waals surface area contributed by atoms with E-state index in [-0.39, 0.29) is 22.8 Å². The number of Topliss-reactive ketones (excluding diaryl/α,β-unsaturated/α-hetero) is 1. The van der Waals surface area contributed by atoms with Crippen molar-refractivity contribution < 1.29 is 19.8 Å². The van der Waals surface area contributed by atoms with Gasteiger partial charge in [-0.25, -0.2) is 0 Å². The Morgan fingerprint density at radius 3 is 2.62 bits per heavy atom. The number of hydrogen-bond acceptors (Lipinski definition) is 5. The highest BCUT2D eigenvalue weighted by atomic mass is 16.3. The number of benzene rings is 2. The standard InChI is InChI=1S/C25H19N3O4/c1-14-9-10-20(29)19(12-14)28-22(18-8-4-5-11-26-18)21(24(31)25(28)32)23(30)16-13-27-17-7-3-2-6-15(16)17/h2-13,22,27,29-30H,1H3/b23-21-. The van der Waals surface area contributed by atoms with Crippen LogP contribution in [-0.2, 0) is 9.59 Å². The third-order valence-electron chi connectivity index (χ3n) is 5.65. The van der Waals surface area contributed by atoms with E-state index in [4.69, 9.17) is 0 Å². The van der Waals surface area contributed by atoms with E-state index < -0.39 is 17.7 Å². The normalized spacial score (nSPS) is 17.9. The highest BCUT2D eigenvalue weighted by molar-refractivity contribution is 6.52. The number of fused-ring (bicyclic) bond motifs is 1. The van der Waals surface area contributed by atoms with Crippen LogP contribution in [0.3, 0.4) is 0 Å². The Morgan fingerprint density at radius 2 is 1.84 bits per heavy atom. The quantitative estimate of drug-likeness (QED) is 0.259. The minimum absolute atomic E-state index is 0.0839. The number of carbonyl (C=O) groups is 2. The van der Waals surface area contributed by atoms with Crippen LogP contribution in [0.2, 0.25) is 0 Å². The van der Waals surface area contributed by atoms with E-state index in [9.17, 15) is 19.8 Å². The van der Waals surface area contributed by atoms with Crippen LogP contribution < -0.4 is 4.90 Å².